The second kappa shape index (κ2) is 9.97. The van der Waals surface area contributed by atoms with Gasteiger partial charge in [-0.2, -0.15) is 5.26 Å². The highest BCUT2D eigenvalue weighted by Gasteiger charge is 2.77. The molecule has 4 atom stereocenters. The SMILES string of the molecule is COc1cccc(C2Oc3ccc(Cl)cc3C3C4(C(=O)N(Cc5ccccc5)c5ccc(C)cc54)C(C#N)=CC23[N+](=O)[O-])c1. The van der Waals surface area contributed by atoms with E-state index in [2.05, 4.69) is 6.07 Å². The Kier molecular flexibility index (Phi) is 6.27. The molecule has 4 unspecified atom stereocenters. The Balaban J connectivity index is 1.56. The van der Waals surface area contributed by atoms with Gasteiger partial charge in [-0.1, -0.05) is 71.8 Å². The number of anilines is 1. The van der Waals surface area contributed by atoms with Crippen molar-refractivity contribution in [3.63, 3.8) is 0 Å². The summed E-state index contributed by atoms with van der Waals surface area (Å²) < 4.78 is 11.9. The maximum Gasteiger partial charge on any atom is 0.290 e. The fourth-order valence-corrected chi connectivity index (χ4v) is 7.51. The normalized spacial score (nSPS) is 24.5. The molecular formula is C35H26ClN3O5. The number of halogens is 1. The summed E-state index contributed by atoms with van der Waals surface area (Å²) in [5.41, 5.74) is 0.0370. The van der Waals surface area contributed by atoms with Crippen molar-refractivity contribution in [1.29, 1.82) is 5.26 Å². The molecule has 2 heterocycles. The number of hydrogen-bond acceptors (Lipinski definition) is 6. The van der Waals surface area contributed by atoms with Gasteiger partial charge in [-0.15, -0.1) is 0 Å². The third-order valence-electron chi connectivity index (χ3n) is 9.11. The Bertz CT molecular complexity index is 1940. The van der Waals surface area contributed by atoms with Crippen molar-refractivity contribution in [2.75, 3.05) is 12.0 Å². The van der Waals surface area contributed by atoms with Crippen molar-refractivity contribution in [3.8, 4) is 17.6 Å². The van der Waals surface area contributed by atoms with Crippen LogP contribution in [0.3, 0.4) is 0 Å². The number of hydrogen-bond donors (Lipinski definition) is 0. The van der Waals surface area contributed by atoms with Gasteiger partial charge in [-0.25, -0.2) is 0 Å². The van der Waals surface area contributed by atoms with Gasteiger partial charge in [0.25, 0.3) is 5.54 Å². The molecule has 0 fully saturated rings. The highest BCUT2D eigenvalue weighted by atomic mass is 35.5. The minimum absolute atomic E-state index is 0.0101. The summed E-state index contributed by atoms with van der Waals surface area (Å²) >= 11 is 6.53. The molecule has 0 saturated carbocycles. The van der Waals surface area contributed by atoms with Gasteiger partial charge in [-0.05, 0) is 54.4 Å². The predicted octanol–water partition coefficient (Wildman–Crippen LogP) is 6.84. The van der Waals surface area contributed by atoms with Crippen LogP contribution in [-0.2, 0) is 16.8 Å². The summed E-state index contributed by atoms with van der Waals surface area (Å²) in [6, 6.07) is 29.3. The van der Waals surface area contributed by atoms with E-state index in [1.165, 1.54) is 13.2 Å². The first-order chi connectivity index (χ1) is 21.2. The highest BCUT2D eigenvalue weighted by Crippen LogP contribution is 2.68. The van der Waals surface area contributed by atoms with E-state index >= 15 is 4.79 Å². The van der Waals surface area contributed by atoms with Crippen LogP contribution in [0.4, 0.5) is 5.69 Å². The summed E-state index contributed by atoms with van der Waals surface area (Å²) in [6.07, 6.45) is 0.167. The van der Waals surface area contributed by atoms with Gasteiger partial charge in [0.15, 0.2) is 6.10 Å². The lowest BCUT2D eigenvalue weighted by Crippen LogP contribution is -2.57. The zero-order valence-corrected chi connectivity index (χ0v) is 24.6. The number of carbonyl (C=O) groups is 1. The quantitative estimate of drug-likeness (QED) is 0.183. The lowest BCUT2D eigenvalue weighted by Gasteiger charge is -2.44. The van der Waals surface area contributed by atoms with Gasteiger partial charge in [-0.3, -0.25) is 14.9 Å². The van der Waals surface area contributed by atoms with Crippen LogP contribution in [0.5, 0.6) is 11.5 Å². The standard InChI is InChI=1S/C35H26ClN3O5/c1-21-11-13-29-28(15-21)35(33(40)38(29)20-22-7-4-3-5-8-22)24(19-37)18-34(39(41)42)31(35)27-17-25(36)12-14-30(27)44-32(34)23-9-6-10-26(16-23)43-2/h3-18,31-32H,20H2,1-2H3. The Morgan fingerprint density at radius 2 is 1.86 bits per heavy atom. The average molecular weight is 604 g/mol. The van der Waals surface area contributed by atoms with Crippen LogP contribution >= 0.6 is 11.6 Å². The lowest BCUT2D eigenvalue weighted by molar-refractivity contribution is -0.574. The number of rotatable bonds is 5. The monoisotopic (exact) mass is 603 g/mol. The molecular weight excluding hydrogens is 578 g/mol. The number of aryl methyl sites for hydroxylation is 1. The number of amides is 1. The molecule has 1 spiro atoms. The number of ether oxygens (including phenoxy) is 2. The van der Waals surface area contributed by atoms with E-state index in [0.29, 0.717) is 38.9 Å². The first-order valence-electron chi connectivity index (χ1n) is 14.1. The zero-order valence-electron chi connectivity index (χ0n) is 23.9. The van der Waals surface area contributed by atoms with Gasteiger partial charge in [0, 0.05) is 32.8 Å². The molecule has 2 aliphatic heterocycles. The van der Waals surface area contributed by atoms with Gasteiger partial charge < -0.3 is 14.4 Å². The van der Waals surface area contributed by atoms with Crippen molar-refractivity contribution in [1.82, 2.24) is 0 Å². The fourth-order valence-electron chi connectivity index (χ4n) is 7.33. The third-order valence-corrected chi connectivity index (χ3v) is 9.35. The van der Waals surface area contributed by atoms with Gasteiger partial charge in [0.2, 0.25) is 5.91 Å². The lowest BCUT2D eigenvalue weighted by atomic mass is 9.60. The topological polar surface area (TPSA) is 106 Å². The maximum absolute atomic E-state index is 15.1. The number of methoxy groups -OCH3 is 1. The Morgan fingerprint density at radius 3 is 2.59 bits per heavy atom. The summed E-state index contributed by atoms with van der Waals surface area (Å²) in [4.78, 5) is 30.0. The molecule has 9 heteroatoms. The highest BCUT2D eigenvalue weighted by molar-refractivity contribution is 6.30. The number of nitrogens with zero attached hydrogens (tertiary/aromatic N) is 3. The molecule has 0 radical (unpaired) electrons. The van der Waals surface area contributed by atoms with Crippen molar-refractivity contribution < 1.29 is 19.2 Å². The molecule has 1 aliphatic carbocycles. The van der Waals surface area contributed by atoms with Crippen molar-refractivity contribution in [2.45, 2.75) is 36.4 Å². The van der Waals surface area contributed by atoms with Gasteiger partial charge in [0.1, 0.15) is 16.9 Å². The fraction of sp³-hybridized carbons (Fsp3) is 0.200. The first-order valence-corrected chi connectivity index (χ1v) is 14.5. The number of nitriles is 1. The maximum atomic E-state index is 15.1. The molecule has 44 heavy (non-hydrogen) atoms. The third kappa shape index (κ3) is 3.66. The van der Waals surface area contributed by atoms with E-state index < -0.39 is 33.8 Å². The zero-order chi connectivity index (χ0) is 30.8. The molecule has 1 amide bonds. The molecule has 4 aromatic carbocycles. The van der Waals surface area contributed by atoms with Crippen LogP contribution in [-0.4, -0.2) is 23.5 Å². The number of fused-ring (bicyclic) bond motifs is 6. The molecule has 4 aromatic rings. The minimum Gasteiger partial charge on any atom is -0.497 e. The average Bonchev–Trinajstić information content (AvgIpc) is 3.48. The Labute approximate surface area is 258 Å². The van der Waals surface area contributed by atoms with E-state index in [9.17, 15) is 15.4 Å². The van der Waals surface area contributed by atoms with E-state index in [1.807, 2.05) is 55.5 Å². The molecule has 0 aromatic heterocycles. The van der Waals surface area contributed by atoms with Gasteiger partial charge in [0.05, 0.1) is 31.2 Å². The summed E-state index contributed by atoms with van der Waals surface area (Å²) in [6.45, 7) is 2.13. The second-order valence-electron chi connectivity index (χ2n) is 11.4. The molecule has 0 N–H and O–H groups in total. The largest absolute Gasteiger partial charge is 0.497 e. The minimum atomic E-state index is -2.05. The van der Waals surface area contributed by atoms with E-state index in [-0.39, 0.29) is 12.1 Å². The summed E-state index contributed by atoms with van der Waals surface area (Å²) in [7, 11) is 1.51. The van der Waals surface area contributed by atoms with Crippen LogP contribution in [0.15, 0.2) is 103 Å². The first kappa shape index (κ1) is 27.7. The number of nitro groups is 1. The predicted molar refractivity (Wildman–Crippen MR) is 164 cm³/mol. The van der Waals surface area contributed by atoms with Crippen LogP contribution < -0.4 is 14.4 Å². The molecule has 3 aliphatic rings. The van der Waals surface area contributed by atoms with Crippen molar-refractivity contribution >= 4 is 23.2 Å². The summed E-state index contributed by atoms with van der Waals surface area (Å²) in [5.74, 6) is -0.708. The molecule has 218 valence electrons. The van der Waals surface area contributed by atoms with Crippen LogP contribution in [0, 0.1) is 28.4 Å². The number of benzene rings is 4. The van der Waals surface area contributed by atoms with Crippen LogP contribution in [0.2, 0.25) is 5.02 Å². The molecule has 0 bridgehead atoms. The molecule has 0 saturated heterocycles. The smallest absolute Gasteiger partial charge is 0.290 e. The van der Waals surface area contributed by atoms with Crippen molar-refractivity contribution in [3.05, 3.63) is 146 Å². The van der Waals surface area contributed by atoms with Crippen LogP contribution in [0.1, 0.15) is 39.8 Å². The van der Waals surface area contributed by atoms with E-state index in [0.717, 1.165) is 11.1 Å². The second-order valence-corrected chi connectivity index (χ2v) is 11.8. The van der Waals surface area contributed by atoms with E-state index in [4.69, 9.17) is 21.1 Å². The summed E-state index contributed by atoms with van der Waals surface area (Å²) in [5, 5.41) is 24.7. The molecule has 7 rings (SSSR count). The Hall–Kier alpha value is -5.13. The van der Waals surface area contributed by atoms with Crippen molar-refractivity contribution in [2.24, 2.45) is 0 Å². The number of carbonyl (C=O) groups excluding carboxylic acids is 1. The van der Waals surface area contributed by atoms with E-state index in [1.54, 1.807) is 47.4 Å². The Morgan fingerprint density at radius 1 is 1.07 bits per heavy atom. The molecule has 8 nitrogen and oxygen atoms in total. The van der Waals surface area contributed by atoms with Gasteiger partial charge >= 0.3 is 0 Å². The van der Waals surface area contributed by atoms with Crippen LogP contribution in [0.25, 0.3) is 0 Å².